The Morgan fingerprint density at radius 3 is 2.00 bits per heavy atom. The predicted octanol–water partition coefficient (Wildman–Crippen LogP) is 4.39. The van der Waals surface area contributed by atoms with E-state index in [1.807, 2.05) is 13.8 Å². The van der Waals surface area contributed by atoms with Crippen LogP contribution in [-0.2, 0) is 5.54 Å². The summed E-state index contributed by atoms with van der Waals surface area (Å²) >= 11 is 12.9. The summed E-state index contributed by atoms with van der Waals surface area (Å²) in [5.74, 6) is 0. The first-order valence-electron chi connectivity index (χ1n) is 5.12. The quantitative estimate of drug-likeness (QED) is 0.788. The van der Waals surface area contributed by atoms with Gasteiger partial charge in [0, 0.05) is 0 Å². The Hall–Kier alpha value is 0.01000. The average molecular weight is 282 g/mol. The van der Waals surface area contributed by atoms with E-state index in [0.717, 1.165) is 6.42 Å². The summed E-state index contributed by atoms with van der Waals surface area (Å²) in [4.78, 5) is 11.9. The fraction of sp³-hybridized carbons (Fsp3) is 0.727. The summed E-state index contributed by atoms with van der Waals surface area (Å²) in [7, 11) is 0. The average Bonchev–Trinajstić information content (AvgIpc) is 2.29. The molecule has 1 aromatic rings. The van der Waals surface area contributed by atoms with Gasteiger partial charge in [0.05, 0.1) is 5.54 Å². The van der Waals surface area contributed by atoms with Crippen molar-refractivity contribution < 1.29 is 0 Å². The van der Waals surface area contributed by atoms with Crippen LogP contribution in [0.3, 0.4) is 0 Å². The highest BCUT2D eigenvalue weighted by Crippen LogP contribution is 2.35. The largest absolute Gasteiger partial charge is 0.281 e. The number of halogens is 2. The van der Waals surface area contributed by atoms with Gasteiger partial charge in [0.25, 0.3) is 5.56 Å². The molecule has 0 aromatic carbocycles. The molecular weight excluding hydrogens is 265 g/mol. The molecule has 0 radical (unpaired) electrons. The summed E-state index contributed by atoms with van der Waals surface area (Å²) < 4.78 is 2.04. The molecule has 0 unspecified atom stereocenters. The molecule has 0 aliphatic rings. The first-order chi connectivity index (χ1) is 7.04. The molecule has 1 aromatic heterocycles. The van der Waals surface area contributed by atoms with Gasteiger partial charge >= 0.3 is 0 Å². The molecular formula is C11H17Cl2NOS. The molecule has 0 spiro atoms. The minimum atomic E-state index is -0.267. The lowest BCUT2D eigenvalue weighted by molar-refractivity contribution is 0.223. The highest BCUT2D eigenvalue weighted by molar-refractivity contribution is 7.12. The zero-order valence-electron chi connectivity index (χ0n) is 10.2. The Balaban J connectivity index is 3.17. The van der Waals surface area contributed by atoms with E-state index in [1.54, 1.807) is 3.96 Å². The zero-order valence-corrected chi connectivity index (χ0v) is 12.6. The van der Waals surface area contributed by atoms with Gasteiger partial charge in [-0.3, -0.25) is 8.75 Å². The summed E-state index contributed by atoms with van der Waals surface area (Å²) in [6.07, 6.45) is 0.882. The number of hydrogen-bond donors (Lipinski definition) is 0. The van der Waals surface area contributed by atoms with Crippen LogP contribution in [0.5, 0.6) is 0 Å². The van der Waals surface area contributed by atoms with E-state index >= 15 is 0 Å². The number of hydrogen-bond acceptors (Lipinski definition) is 2. The molecule has 92 valence electrons. The van der Waals surface area contributed by atoms with E-state index in [4.69, 9.17) is 23.2 Å². The van der Waals surface area contributed by atoms with Crippen molar-refractivity contribution in [1.82, 2.24) is 3.96 Å². The van der Waals surface area contributed by atoms with Crippen molar-refractivity contribution in [3.8, 4) is 0 Å². The van der Waals surface area contributed by atoms with E-state index in [2.05, 4.69) is 20.8 Å². The number of rotatable bonds is 2. The van der Waals surface area contributed by atoms with Crippen molar-refractivity contribution in [3.05, 3.63) is 19.7 Å². The van der Waals surface area contributed by atoms with Crippen molar-refractivity contribution in [3.63, 3.8) is 0 Å². The molecule has 0 saturated carbocycles. The van der Waals surface area contributed by atoms with Crippen LogP contribution >= 0.6 is 34.7 Å². The molecule has 0 bridgehead atoms. The van der Waals surface area contributed by atoms with E-state index in [-0.39, 0.29) is 21.5 Å². The van der Waals surface area contributed by atoms with Gasteiger partial charge in [-0.15, -0.1) is 0 Å². The van der Waals surface area contributed by atoms with Gasteiger partial charge in [0.2, 0.25) is 0 Å². The standard InChI is InChI=1S/C11H17Cl2NOS/c1-10(2,3)6-11(4,5)14-9(15)7(12)8(13)16-14/h6H2,1-5H3. The molecule has 0 aliphatic carbocycles. The van der Waals surface area contributed by atoms with Crippen molar-refractivity contribution >= 4 is 34.7 Å². The van der Waals surface area contributed by atoms with Crippen LogP contribution in [0.1, 0.15) is 41.0 Å². The lowest BCUT2D eigenvalue weighted by Crippen LogP contribution is -2.36. The molecule has 0 amide bonds. The molecule has 0 N–H and O–H groups in total. The second kappa shape index (κ2) is 4.35. The van der Waals surface area contributed by atoms with Gasteiger partial charge in [-0.1, -0.05) is 44.0 Å². The molecule has 0 fully saturated rings. The van der Waals surface area contributed by atoms with Gasteiger partial charge in [0.15, 0.2) is 0 Å². The molecule has 1 heterocycles. The van der Waals surface area contributed by atoms with Gasteiger partial charge in [-0.2, -0.15) is 0 Å². The summed E-state index contributed by atoms with van der Waals surface area (Å²) in [5, 5.41) is 0.133. The molecule has 0 atom stereocenters. The van der Waals surface area contributed by atoms with Gasteiger partial charge in [-0.05, 0) is 37.2 Å². The van der Waals surface area contributed by atoms with Crippen LogP contribution in [0.15, 0.2) is 4.79 Å². The summed E-state index contributed by atoms with van der Waals surface area (Å²) in [6.45, 7) is 10.5. The van der Waals surface area contributed by atoms with Gasteiger partial charge in [0.1, 0.15) is 9.36 Å². The maximum absolute atomic E-state index is 11.9. The SMILES string of the molecule is CC(C)(C)CC(C)(C)n1sc(Cl)c(Cl)c1=O. The third-order valence-corrected chi connectivity index (χ3v) is 4.39. The predicted molar refractivity (Wildman–Crippen MR) is 72.0 cm³/mol. The highest BCUT2D eigenvalue weighted by Gasteiger charge is 2.30. The van der Waals surface area contributed by atoms with E-state index in [1.165, 1.54) is 11.5 Å². The first-order valence-corrected chi connectivity index (χ1v) is 6.65. The van der Waals surface area contributed by atoms with Crippen LogP contribution in [-0.4, -0.2) is 3.96 Å². The number of aromatic nitrogens is 1. The lowest BCUT2D eigenvalue weighted by atomic mass is 9.82. The van der Waals surface area contributed by atoms with Crippen molar-refractivity contribution in [2.75, 3.05) is 0 Å². The van der Waals surface area contributed by atoms with Crippen LogP contribution in [0, 0.1) is 5.41 Å². The van der Waals surface area contributed by atoms with E-state index in [9.17, 15) is 4.79 Å². The minimum absolute atomic E-state index is 0.133. The fourth-order valence-corrected chi connectivity index (χ4v) is 3.44. The summed E-state index contributed by atoms with van der Waals surface area (Å²) in [6, 6.07) is 0. The Labute approximate surface area is 110 Å². The number of nitrogens with zero attached hydrogens (tertiary/aromatic N) is 1. The molecule has 16 heavy (non-hydrogen) atoms. The smallest absolute Gasteiger partial charge is 0.267 e. The molecule has 0 aliphatic heterocycles. The Morgan fingerprint density at radius 1 is 1.19 bits per heavy atom. The van der Waals surface area contributed by atoms with E-state index < -0.39 is 0 Å². The molecule has 2 nitrogen and oxygen atoms in total. The van der Waals surface area contributed by atoms with Crippen LogP contribution in [0.4, 0.5) is 0 Å². The van der Waals surface area contributed by atoms with Crippen molar-refractivity contribution in [2.24, 2.45) is 5.41 Å². The summed E-state index contributed by atoms with van der Waals surface area (Å²) in [5.41, 5.74) is -0.311. The van der Waals surface area contributed by atoms with Crippen LogP contribution in [0.25, 0.3) is 0 Å². The first kappa shape index (κ1) is 14.1. The lowest BCUT2D eigenvalue weighted by Gasteiger charge is -2.32. The van der Waals surface area contributed by atoms with Crippen LogP contribution in [0.2, 0.25) is 9.36 Å². The Morgan fingerprint density at radius 2 is 1.69 bits per heavy atom. The molecule has 1 rings (SSSR count). The maximum Gasteiger partial charge on any atom is 0.281 e. The Kier molecular flexibility index (Phi) is 3.83. The minimum Gasteiger partial charge on any atom is -0.267 e. The monoisotopic (exact) mass is 281 g/mol. The third-order valence-electron chi connectivity index (χ3n) is 2.23. The highest BCUT2D eigenvalue weighted by atomic mass is 35.5. The topological polar surface area (TPSA) is 22.0 Å². The maximum atomic E-state index is 11.9. The normalized spacial score (nSPS) is 13.2. The zero-order chi connectivity index (χ0) is 12.7. The Bertz CT molecular complexity index is 440. The second-order valence-electron chi connectivity index (χ2n) is 5.83. The van der Waals surface area contributed by atoms with Crippen LogP contribution < -0.4 is 5.56 Å². The van der Waals surface area contributed by atoms with Crippen molar-refractivity contribution in [2.45, 2.75) is 46.6 Å². The van der Waals surface area contributed by atoms with E-state index in [0.29, 0.717) is 4.34 Å². The van der Waals surface area contributed by atoms with Gasteiger partial charge in [-0.25, -0.2) is 0 Å². The molecule has 0 saturated heterocycles. The second-order valence-corrected chi connectivity index (χ2v) is 7.76. The molecule has 5 heteroatoms. The van der Waals surface area contributed by atoms with Crippen molar-refractivity contribution in [1.29, 1.82) is 0 Å². The fourth-order valence-electron chi connectivity index (χ4n) is 2.10. The third kappa shape index (κ3) is 3.02. The van der Waals surface area contributed by atoms with Gasteiger partial charge < -0.3 is 0 Å².